The largest absolute Gasteiger partial charge is 0.389 e. The number of ether oxygens (including phenoxy) is 1. The first kappa shape index (κ1) is 12.5. The summed E-state index contributed by atoms with van der Waals surface area (Å²) < 4.78 is 4.97. The lowest BCUT2D eigenvalue weighted by atomic mass is 10.2. The van der Waals surface area contributed by atoms with Gasteiger partial charge < -0.3 is 9.84 Å². The van der Waals surface area contributed by atoms with Gasteiger partial charge in [0.15, 0.2) is 0 Å². The van der Waals surface area contributed by atoms with Crippen LogP contribution in [0, 0.1) is 0 Å². The van der Waals surface area contributed by atoms with Crippen molar-refractivity contribution >= 4 is 11.8 Å². The van der Waals surface area contributed by atoms with Gasteiger partial charge in [-0.3, -0.25) is 0 Å². The number of aliphatic hydroxyl groups excluding tert-OH is 1. The fourth-order valence-electron chi connectivity index (χ4n) is 1.21. The lowest BCUT2D eigenvalue weighted by molar-refractivity contribution is 0.195. The quantitative estimate of drug-likeness (QED) is 0.598. The number of aromatic nitrogens is 1. The van der Waals surface area contributed by atoms with E-state index in [0.29, 0.717) is 0 Å². The van der Waals surface area contributed by atoms with Gasteiger partial charge in [-0.15, -0.1) is 11.8 Å². The van der Waals surface area contributed by atoms with E-state index in [-0.39, 0.29) is 0 Å². The number of hydrogen-bond donors (Lipinski definition) is 1. The topological polar surface area (TPSA) is 42.4 Å². The Morgan fingerprint density at radius 2 is 2.40 bits per heavy atom. The Morgan fingerprint density at radius 3 is 3.07 bits per heavy atom. The Labute approximate surface area is 94.9 Å². The molecular formula is C11H17NO2S. The lowest BCUT2D eigenvalue weighted by Gasteiger charge is -2.09. The molecule has 0 bridgehead atoms. The molecule has 0 fully saturated rings. The van der Waals surface area contributed by atoms with Gasteiger partial charge in [0.05, 0.1) is 6.10 Å². The fourth-order valence-corrected chi connectivity index (χ4v) is 2.21. The Hall–Kier alpha value is -0.580. The van der Waals surface area contributed by atoms with Gasteiger partial charge in [0.25, 0.3) is 0 Å². The lowest BCUT2D eigenvalue weighted by Crippen LogP contribution is -1.97. The standard InChI is InChI=1S/C11H17NO2S/c1-9(13)10-5-3-6-12-11(10)15-8-4-7-14-2/h3,5-6,9,13H,4,7-8H2,1-2H3. The highest BCUT2D eigenvalue weighted by Crippen LogP contribution is 2.25. The van der Waals surface area contributed by atoms with E-state index < -0.39 is 6.10 Å². The zero-order valence-electron chi connectivity index (χ0n) is 9.14. The van der Waals surface area contributed by atoms with Gasteiger partial charge in [-0.1, -0.05) is 6.07 Å². The molecule has 1 N–H and O–H groups in total. The van der Waals surface area contributed by atoms with Gasteiger partial charge in [0.1, 0.15) is 5.03 Å². The predicted molar refractivity (Wildman–Crippen MR) is 62.1 cm³/mol. The van der Waals surface area contributed by atoms with Crippen molar-refractivity contribution in [3.05, 3.63) is 23.9 Å². The van der Waals surface area contributed by atoms with Gasteiger partial charge in [-0.25, -0.2) is 4.98 Å². The Bertz CT molecular complexity index is 292. The van der Waals surface area contributed by atoms with Crippen LogP contribution >= 0.6 is 11.8 Å². The molecule has 0 aromatic carbocycles. The van der Waals surface area contributed by atoms with Gasteiger partial charge >= 0.3 is 0 Å². The highest BCUT2D eigenvalue weighted by molar-refractivity contribution is 7.99. The molecule has 0 saturated heterocycles. The minimum absolute atomic E-state index is 0.455. The van der Waals surface area contributed by atoms with Crippen LogP contribution in [0.3, 0.4) is 0 Å². The highest BCUT2D eigenvalue weighted by atomic mass is 32.2. The maximum Gasteiger partial charge on any atom is 0.102 e. The fraction of sp³-hybridized carbons (Fsp3) is 0.545. The second kappa shape index (κ2) is 6.82. The summed E-state index contributed by atoms with van der Waals surface area (Å²) in [5, 5.41) is 10.4. The van der Waals surface area contributed by atoms with Crippen molar-refractivity contribution in [1.82, 2.24) is 4.98 Å². The zero-order chi connectivity index (χ0) is 11.1. The van der Waals surface area contributed by atoms with Gasteiger partial charge in [0, 0.05) is 31.2 Å². The van der Waals surface area contributed by atoms with Crippen molar-refractivity contribution in [3.63, 3.8) is 0 Å². The van der Waals surface area contributed by atoms with E-state index in [1.807, 2.05) is 12.1 Å². The maximum absolute atomic E-state index is 9.53. The predicted octanol–water partition coefficient (Wildman–Crippen LogP) is 2.26. The minimum Gasteiger partial charge on any atom is -0.389 e. The monoisotopic (exact) mass is 227 g/mol. The second-order valence-corrected chi connectivity index (χ2v) is 4.35. The van der Waals surface area contributed by atoms with E-state index in [1.54, 1.807) is 32.0 Å². The number of rotatable bonds is 6. The number of nitrogens with zero attached hydrogens (tertiary/aromatic N) is 1. The van der Waals surface area contributed by atoms with Crippen LogP contribution < -0.4 is 0 Å². The Kier molecular flexibility index (Phi) is 5.68. The van der Waals surface area contributed by atoms with Crippen LogP contribution in [0.15, 0.2) is 23.4 Å². The summed E-state index contributed by atoms with van der Waals surface area (Å²) in [5.74, 6) is 0.963. The molecule has 0 aliphatic heterocycles. The molecule has 84 valence electrons. The van der Waals surface area contributed by atoms with Crippen molar-refractivity contribution in [2.24, 2.45) is 0 Å². The van der Waals surface area contributed by atoms with Gasteiger partial charge in [0.2, 0.25) is 0 Å². The normalized spacial score (nSPS) is 12.7. The molecule has 1 atom stereocenters. The van der Waals surface area contributed by atoms with Gasteiger partial charge in [-0.05, 0) is 19.4 Å². The summed E-state index contributed by atoms with van der Waals surface area (Å²) >= 11 is 1.66. The SMILES string of the molecule is COCCCSc1ncccc1C(C)O. The van der Waals surface area contributed by atoms with Crippen LogP contribution in [0.2, 0.25) is 0 Å². The summed E-state index contributed by atoms with van der Waals surface area (Å²) in [7, 11) is 1.70. The Balaban J connectivity index is 2.52. The summed E-state index contributed by atoms with van der Waals surface area (Å²) in [5.41, 5.74) is 0.903. The van der Waals surface area contributed by atoms with Crippen molar-refractivity contribution in [2.75, 3.05) is 19.5 Å². The molecule has 0 amide bonds. The van der Waals surface area contributed by atoms with Crippen molar-refractivity contribution in [2.45, 2.75) is 24.5 Å². The van der Waals surface area contributed by atoms with E-state index in [9.17, 15) is 5.11 Å². The van der Waals surface area contributed by atoms with E-state index in [2.05, 4.69) is 4.98 Å². The third-order valence-corrected chi connectivity index (χ3v) is 3.09. The molecule has 1 heterocycles. The van der Waals surface area contributed by atoms with Crippen molar-refractivity contribution in [1.29, 1.82) is 0 Å². The molecule has 0 radical (unpaired) electrons. The molecule has 0 spiro atoms. The summed E-state index contributed by atoms with van der Waals surface area (Å²) in [6, 6.07) is 3.76. The van der Waals surface area contributed by atoms with E-state index in [4.69, 9.17) is 4.74 Å². The number of hydrogen-bond acceptors (Lipinski definition) is 4. The van der Waals surface area contributed by atoms with Crippen molar-refractivity contribution in [3.8, 4) is 0 Å². The third-order valence-electron chi connectivity index (χ3n) is 1.98. The third kappa shape index (κ3) is 4.20. The molecule has 0 aliphatic carbocycles. The number of thioether (sulfide) groups is 1. The number of aliphatic hydroxyl groups is 1. The number of pyridine rings is 1. The molecule has 0 aliphatic rings. The first-order chi connectivity index (χ1) is 7.25. The molecular weight excluding hydrogens is 210 g/mol. The van der Waals surface area contributed by atoms with Crippen LogP contribution in [-0.2, 0) is 4.74 Å². The summed E-state index contributed by atoms with van der Waals surface area (Å²) in [6.07, 6.45) is 2.30. The van der Waals surface area contributed by atoms with E-state index in [0.717, 1.165) is 29.4 Å². The summed E-state index contributed by atoms with van der Waals surface area (Å²) in [6.45, 7) is 2.53. The van der Waals surface area contributed by atoms with Crippen LogP contribution in [0.1, 0.15) is 25.0 Å². The average Bonchev–Trinajstić information content (AvgIpc) is 2.25. The second-order valence-electron chi connectivity index (χ2n) is 3.27. The molecule has 15 heavy (non-hydrogen) atoms. The maximum atomic E-state index is 9.53. The molecule has 3 nitrogen and oxygen atoms in total. The first-order valence-corrected chi connectivity index (χ1v) is 5.99. The first-order valence-electron chi connectivity index (χ1n) is 5.00. The zero-order valence-corrected chi connectivity index (χ0v) is 9.96. The Morgan fingerprint density at radius 1 is 1.60 bits per heavy atom. The molecule has 1 rings (SSSR count). The molecule has 4 heteroatoms. The number of methoxy groups -OCH3 is 1. The van der Waals surface area contributed by atoms with E-state index >= 15 is 0 Å². The summed E-state index contributed by atoms with van der Waals surface area (Å²) in [4.78, 5) is 4.26. The molecule has 1 aromatic rings. The highest BCUT2D eigenvalue weighted by Gasteiger charge is 2.08. The van der Waals surface area contributed by atoms with Crippen LogP contribution in [0.5, 0.6) is 0 Å². The van der Waals surface area contributed by atoms with E-state index in [1.165, 1.54) is 0 Å². The van der Waals surface area contributed by atoms with Crippen LogP contribution in [0.4, 0.5) is 0 Å². The van der Waals surface area contributed by atoms with Crippen molar-refractivity contribution < 1.29 is 9.84 Å². The van der Waals surface area contributed by atoms with Crippen LogP contribution in [-0.4, -0.2) is 29.6 Å². The van der Waals surface area contributed by atoms with Gasteiger partial charge in [-0.2, -0.15) is 0 Å². The molecule has 0 saturated carbocycles. The molecule has 1 aromatic heterocycles. The smallest absolute Gasteiger partial charge is 0.102 e. The minimum atomic E-state index is -0.455. The van der Waals surface area contributed by atoms with Crippen LogP contribution in [0.25, 0.3) is 0 Å². The average molecular weight is 227 g/mol. The molecule has 1 unspecified atom stereocenters.